The molecular formula is C27H29N3O4S. The molecule has 2 aromatic carbocycles. The van der Waals surface area contributed by atoms with E-state index in [1.807, 2.05) is 66.9 Å². The number of ether oxygens (including phenoxy) is 1. The second kappa shape index (κ2) is 10.9. The van der Waals surface area contributed by atoms with Crippen LogP contribution in [0, 0.1) is 6.92 Å². The van der Waals surface area contributed by atoms with Gasteiger partial charge in [-0.15, -0.1) is 11.3 Å². The van der Waals surface area contributed by atoms with Crippen molar-refractivity contribution in [1.82, 2.24) is 15.2 Å². The first-order valence-electron chi connectivity index (χ1n) is 11.6. The molecule has 0 spiro atoms. The van der Waals surface area contributed by atoms with Crippen molar-refractivity contribution in [2.75, 3.05) is 20.3 Å². The van der Waals surface area contributed by atoms with Crippen LogP contribution >= 0.6 is 11.3 Å². The Morgan fingerprint density at radius 1 is 1.14 bits per heavy atom. The first kappa shape index (κ1) is 24.8. The molecule has 3 amide bonds. The second-order valence-electron chi connectivity index (χ2n) is 8.73. The molecule has 0 saturated carbocycles. The topological polar surface area (TPSA) is 88.6 Å². The Kier molecular flexibility index (Phi) is 7.73. The van der Waals surface area contributed by atoms with Gasteiger partial charge in [-0.1, -0.05) is 54.6 Å². The van der Waals surface area contributed by atoms with Crippen molar-refractivity contribution in [3.8, 4) is 10.6 Å². The predicted molar refractivity (Wildman–Crippen MR) is 135 cm³/mol. The number of benzene rings is 2. The van der Waals surface area contributed by atoms with Crippen LogP contribution < -0.4 is 5.32 Å². The van der Waals surface area contributed by atoms with Crippen molar-refractivity contribution in [3.63, 3.8) is 0 Å². The van der Waals surface area contributed by atoms with Crippen LogP contribution in [0.2, 0.25) is 0 Å². The number of nitrogens with zero attached hydrogens (tertiary/aromatic N) is 2. The Morgan fingerprint density at radius 2 is 1.89 bits per heavy atom. The number of likely N-dealkylation sites (tertiary alicyclic amines) is 1. The van der Waals surface area contributed by atoms with Gasteiger partial charge in [0.05, 0.1) is 17.7 Å². The summed E-state index contributed by atoms with van der Waals surface area (Å²) in [4.78, 5) is 45.6. The highest BCUT2D eigenvalue weighted by Gasteiger charge is 2.53. The van der Waals surface area contributed by atoms with Crippen molar-refractivity contribution in [3.05, 3.63) is 76.8 Å². The molecular weight excluding hydrogens is 462 g/mol. The summed E-state index contributed by atoms with van der Waals surface area (Å²) in [6.07, 6.45) is 0.433. The highest BCUT2D eigenvalue weighted by molar-refractivity contribution is 7.13. The summed E-state index contributed by atoms with van der Waals surface area (Å²) in [5, 5.41) is 5.71. The van der Waals surface area contributed by atoms with Crippen molar-refractivity contribution < 1.29 is 19.1 Å². The predicted octanol–water partition coefficient (Wildman–Crippen LogP) is 3.86. The van der Waals surface area contributed by atoms with E-state index in [-0.39, 0.29) is 43.7 Å². The molecule has 8 heteroatoms. The number of nitrogens with one attached hydrogen (secondary N) is 1. The number of methoxy groups -OCH3 is 1. The van der Waals surface area contributed by atoms with E-state index in [0.717, 1.165) is 27.4 Å². The molecule has 1 unspecified atom stereocenters. The number of aryl methyl sites for hydroxylation is 1. The third-order valence-electron chi connectivity index (χ3n) is 6.30. The van der Waals surface area contributed by atoms with Crippen molar-refractivity contribution in [1.29, 1.82) is 0 Å². The molecule has 0 aliphatic carbocycles. The fourth-order valence-corrected chi connectivity index (χ4v) is 5.40. The van der Waals surface area contributed by atoms with E-state index in [9.17, 15) is 14.4 Å². The minimum absolute atomic E-state index is 0.0219. The standard InChI is InChI=1S/C27H29N3O4S/c1-19-9-6-7-12-22(19)27(16-24(32)30(26(27)33)13-8-14-34-2)15-23(31)28-17-21-18-35-25(29-21)20-10-4-3-5-11-20/h3-7,9-12,18H,8,13-17H2,1-2H3,(H,28,31). The third-order valence-corrected chi connectivity index (χ3v) is 7.24. The lowest BCUT2D eigenvalue weighted by Gasteiger charge is -2.28. The molecule has 35 heavy (non-hydrogen) atoms. The first-order valence-corrected chi connectivity index (χ1v) is 12.5. The van der Waals surface area contributed by atoms with Crippen molar-refractivity contribution in [2.24, 2.45) is 0 Å². The van der Waals surface area contributed by atoms with Crippen LogP contribution in [0.25, 0.3) is 10.6 Å². The van der Waals surface area contributed by atoms with Gasteiger partial charge in [-0.2, -0.15) is 0 Å². The average Bonchev–Trinajstić information content (AvgIpc) is 3.43. The lowest BCUT2D eigenvalue weighted by atomic mass is 9.74. The Labute approximate surface area is 209 Å². The number of amides is 3. The third kappa shape index (κ3) is 5.33. The van der Waals surface area contributed by atoms with Gasteiger partial charge in [0.2, 0.25) is 17.7 Å². The molecule has 1 saturated heterocycles. The maximum atomic E-state index is 13.6. The number of carbonyl (C=O) groups is 3. The summed E-state index contributed by atoms with van der Waals surface area (Å²) < 4.78 is 5.08. The number of hydrogen-bond donors (Lipinski definition) is 1. The fraction of sp³-hybridized carbons (Fsp3) is 0.333. The van der Waals surface area contributed by atoms with Crippen LogP contribution in [0.5, 0.6) is 0 Å². The van der Waals surface area contributed by atoms with Crippen LogP contribution in [-0.4, -0.2) is 47.9 Å². The van der Waals surface area contributed by atoms with E-state index in [1.54, 1.807) is 7.11 Å². The summed E-state index contributed by atoms with van der Waals surface area (Å²) in [5.41, 5.74) is 2.17. The van der Waals surface area contributed by atoms with E-state index in [1.165, 1.54) is 16.2 Å². The first-order chi connectivity index (χ1) is 16.9. The maximum Gasteiger partial charge on any atom is 0.240 e. The number of thiazole rings is 1. The van der Waals surface area contributed by atoms with Crippen molar-refractivity contribution >= 4 is 29.1 Å². The zero-order valence-corrected chi connectivity index (χ0v) is 20.8. The summed E-state index contributed by atoms with van der Waals surface area (Å²) in [7, 11) is 1.58. The maximum absolute atomic E-state index is 13.6. The van der Waals surface area contributed by atoms with Gasteiger partial charge in [0, 0.05) is 44.0 Å². The van der Waals surface area contributed by atoms with Crippen LogP contribution in [-0.2, 0) is 31.1 Å². The summed E-state index contributed by atoms with van der Waals surface area (Å²) in [6, 6.07) is 17.3. The molecule has 1 aliphatic rings. The number of hydrogen-bond acceptors (Lipinski definition) is 6. The number of imide groups is 1. The zero-order chi connectivity index (χ0) is 24.8. The molecule has 1 atom stereocenters. The number of aromatic nitrogens is 1. The lowest BCUT2D eigenvalue weighted by Crippen LogP contribution is -2.43. The Balaban J connectivity index is 1.51. The van der Waals surface area contributed by atoms with Gasteiger partial charge in [-0.05, 0) is 24.5 Å². The van der Waals surface area contributed by atoms with E-state index in [0.29, 0.717) is 13.0 Å². The van der Waals surface area contributed by atoms with Crippen LogP contribution in [0.15, 0.2) is 60.0 Å². The molecule has 0 bridgehead atoms. The Morgan fingerprint density at radius 3 is 2.63 bits per heavy atom. The Bertz CT molecular complexity index is 1210. The molecule has 182 valence electrons. The molecule has 1 fully saturated rings. The van der Waals surface area contributed by atoms with E-state index >= 15 is 0 Å². The highest BCUT2D eigenvalue weighted by atomic mass is 32.1. The van der Waals surface area contributed by atoms with E-state index in [4.69, 9.17) is 4.74 Å². The lowest BCUT2D eigenvalue weighted by molar-refractivity contribution is -0.141. The smallest absolute Gasteiger partial charge is 0.240 e. The molecule has 7 nitrogen and oxygen atoms in total. The highest BCUT2D eigenvalue weighted by Crippen LogP contribution is 2.41. The van der Waals surface area contributed by atoms with Gasteiger partial charge in [-0.3, -0.25) is 19.3 Å². The van der Waals surface area contributed by atoms with Gasteiger partial charge in [-0.25, -0.2) is 4.98 Å². The largest absolute Gasteiger partial charge is 0.385 e. The van der Waals surface area contributed by atoms with Crippen LogP contribution in [0.1, 0.15) is 36.1 Å². The van der Waals surface area contributed by atoms with E-state index < -0.39 is 5.41 Å². The van der Waals surface area contributed by atoms with Gasteiger partial charge in [0.15, 0.2) is 0 Å². The number of carbonyl (C=O) groups excluding carboxylic acids is 3. The Hall–Kier alpha value is -3.36. The SMILES string of the molecule is COCCCN1C(=O)CC(CC(=O)NCc2csc(-c3ccccc3)n2)(c2ccccc2C)C1=O. The van der Waals surface area contributed by atoms with Crippen LogP contribution in [0.4, 0.5) is 0 Å². The average molecular weight is 492 g/mol. The van der Waals surface area contributed by atoms with Gasteiger partial charge in [0.25, 0.3) is 0 Å². The van der Waals surface area contributed by atoms with Crippen LogP contribution in [0.3, 0.4) is 0 Å². The molecule has 1 aliphatic heterocycles. The van der Waals surface area contributed by atoms with Gasteiger partial charge in [0.1, 0.15) is 5.01 Å². The molecule has 1 N–H and O–H groups in total. The molecule has 1 aromatic heterocycles. The molecule has 2 heterocycles. The summed E-state index contributed by atoms with van der Waals surface area (Å²) in [5.74, 6) is -0.861. The minimum atomic E-state index is -1.21. The fourth-order valence-electron chi connectivity index (χ4n) is 4.57. The monoisotopic (exact) mass is 491 g/mol. The summed E-state index contributed by atoms with van der Waals surface area (Å²) >= 11 is 1.52. The van der Waals surface area contributed by atoms with Gasteiger partial charge >= 0.3 is 0 Å². The molecule has 0 radical (unpaired) electrons. The molecule has 3 aromatic rings. The molecule has 4 rings (SSSR count). The summed E-state index contributed by atoms with van der Waals surface area (Å²) in [6.45, 7) is 2.89. The normalized spacial score (nSPS) is 17.7. The van der Waals surface area contributed by atoms with Crippen molar-refractivity contribution in [2.45, 2.75) is 38.1 Å². The number of rotatable bonds is 10. The van der Waals surface area contributed by atoms with Gasteiger partial charge < -0.3 is 10.1 Å². The quantitative estimate of drug-likeness (QED) is 0.344. The van der Waals surface area contributed by atoms with E-state index in [2.05, 4.69) is 10.3 Å². The second-order valence-corrected chi connectivity index (χ2v) is 9.59. The zero-order valence-electron chi connectivity index (χ0n) is 20.0. The minimum Gasteiger partial charge on any atom is -0.385 e.